The second-order valence-corrected chi connectivity index (χ2v) is 5.36. The van der Waals surface area contributed by atoms with Crippen LogP contribution < -0.4 is 15.5 Å². The Morgan fingerprint density at radius 1 is 1.50 bits per heavy atom. The third-order valence-electron chi connectivity index (χ3n) is 2.13. The van der Waals surface area contributed by atoms with Crippen LogP contribution in [0.3, 0.4) is 0 Å². The summed E-state index contributed by atoms with van der Waals surface area (Å²) in [5, 5.41) is 9.33. The zero-order valence-corrected chi connectivity index (χ0v) is 10.9. The lowest BCUT2D eigenvalue weighted by molar-refractivity contribution is -0.347. The van der Waals surface area contributed by atoms with Gasteiger partial charge in [0, 0.05) is 0 Å². The van der Waals surface area contributed by atoms with Crippen LogP contribution in [0.5, 0.6) is 6.01 Å². The van der Waals surface area contributed by atoms with E-state index in [2.05, 4.69) is 24.7 Å². The van der Waals surface area contributed by atoms with E-state index in [1.165, 1.54) is 6.33 Å². The first-order valence-electron chi connectivity index (χ1n) is 5.34. The second kappa shape index (κ2) is 5.69. The third kappa shape index (κ3) is 3.85. The molecule has 12 heteroatoms. The molecule has 1 atom stereocenters. The molecule has 0 fully saturated rings. The van der Waals surface area contributed by atoms with E-state index in [1.54, 1.807) is 0 Å². The van der Waals surface area contributed by atoms with Crippen LogP contribution in [-0.4, -0.2) is 49.1 Å². The van der Waals surface area contributed by atoms with Gasteiger partial charge in [-0.2, -0.15) is 4.98 Å². The summed E-state index contributed by atoms with van der Waals surface area (Å²) in [6.45, 7) is -0.407. The molecular formula is C8H13N5O6P+. The fraction of sp³-hybridized carbons (Fsp3) is 0.375. The molecule has 0 radical (unpaired) electrons. The first-order valence-corrected chi connectivity index (χ1v) is 7.14. The number of ether oxygens (including phenoxy) is 2. The van der Waals surface area contributed by atoms with Crippen molar-refractivity contribution in [1.29, 1.82) is 0 Å². The minimum Gasteiger partial charge on any atom is -0.446 e. The number of aliphatic hydroxyl groups is 1. The molecule has 11 nitrogen and oxygen atoms in total. The molecule has 0 aromatic carbocycles. The minimum atomic E-state index is -4.35. The maximum absolute atomic E-state index is 10.5. The first-order chi connectivity index (χ1) is 9.35. The van der Waals surface area contributed by atoms with Crippen molar-refractivity contribution in [3.05, 3.63) is 6.33 Å². The van der Waals surface area contributed by atoms with Crippen LogP contribution in [-0.2, 0) is 9.30 Å². The fourth-order valence-corrected chi connectivity index (χ4v) is 1.69. The summed E-state index contributed by atoms with van der Waals surface area (Å²) >= 11 is 0. The zero-order valence-electron chi connectivity index (χ0n) is 10.1. The number of H-pyrrole nitrogens is 2. The minimum absolute atomic E-state index is 0.107. The van der Waals surface area contributed by atoms with Crippen molar-refractivity contribution >= 4 is 24.6 Å². The summed E-state index contributed by atoms with van der Waals surface area (Å²) in [5.41, 5.74) is 6.57. The van der Waals surface area contributed by atoms with Crippen molar-refractivity contribution in [3.63, 3.8) is 0 Å². The topological polar surface area (TPSA) is 178 Å². The lowest BCUT2D eigenvalue weighted by Gasteiger charge is -2.11. The standard InChI is InChI=1S/C8H12N5O6P/c9-6-5-7(11-2-10-5)13-8(12-6)18-1-4(14)19-3-20(15,16)17/h2,4,14H,1,3H2,(H2,15,16,17)(H3,9,10,11,12,13)/p+1. The van der Waals surface area contributed by atoms with Gasteiger partial charge in [0.2, 0.25) is 5.52 Å². The molecule has 2 rings (SSSR count). The molecule has 2 heterocycles. The first kappa shape index (κ1) is 14.6. The number of nitrogens with two attached hydrogens (primary N) is 1. The monoisotopic (exact) mass is 306 g/mol. The van der Waals surface area contributed by atoms with Gasteiger partial charge in [-0.3, -0.25) is 9.55 Å². The highest BCUT2D eigenvalue weighted by atomic mass is 31.2. The molecular weight excluding hydrogens is 293 g/mol. The van der Waals surface area contributed by atoms with Crippen LogP contribution in [0.1, 0.15) is 0 Å². The Kier molecular flexibility index (Phi) is 4.16. The molecule has 110 valence electrons. The average molecular weight is 306 g/mol. The Bertz CT molecular complexity index is 641. The predicted molar refractivity (Wildman–Crippen MR) is 64.4 cm³/mol. The molecule has 1 unspecified atom stereocenters. The van der Waals surface area contributed by atoms with E-state index in [-0.39, 0.29) is 11.8 Å². The van der Waals surface area contributed by atoms with Gasteiger partial charge in [-0.25, -0.2) is 4.98 Å². The van der Waals surface area contributed by atoms with Gasteiger partial charge in [-0.1, -0.05) is 0 Å². The second-order valence-electron chi connectivity index (χ2n) is 3.77. The largest absolute Gasteiger partial charge is 0.446 e. The molecule has 0 saturated carbocycles. The van der Waals surface area contributed by atoms with Gasteiger partial charge in [0.15, 0.2) is 24.8 Å². The van der Waals surface area contributed by atoms with Gasteiger partial charge >= 0.3 is 19.3 Å². The average Bonchev–Trinajstić information content (AvgIpc) is 2.81. The Balaban J connectivity index is 1.93. The molecule has 7 N–H and O–H groups in total. The summed E-state index contributed by atoms with van der Waals surface area (Å²) in [7, 11) is -4.35. The van der Waals surface area contributed by atoms with E-state index < -0.39 is 26.8 Å². The van der Waals surface area contributed by atoms with Crippen molar-refractivity contribution in [2.75, 3.05) is 18.7 Å². The SMILES string of the molecule is Nc1nc(OCC(O)OCP(=O)(O)O)nc2[nH+]c[nH]c12. The molecule has 0 spiro atoms. The number of imidazole rings is 1. The van der Waals surface area contributed by atoms with Crippen LogP contribution in [0.25, 0.3) is 11.2 Å². The molecule has 0 aliphatic carbocycles. The molecule has 0 amide bonds. The number of anilines is 1. The van der Waals surface area contributed by atoms with Gasteiger partial charge in [0.1, 0.15) is 6.61 Å². The van der Waals surface area contributed by atoms with E-state index in [4.69, 9.17) is 20.3 Å². The lowest BCUT2D eigenvalue weighted by atomic mass is 10.5. The zero-order chi connectivity index (χ0) is 14.8. The molecule has 0 aliphatic rings. The highest BCUT2D eigenvalue weighted by molar-refractivity contribution is 7.51. The molecule has 2 aromatic rings. The number of nitrogens with zero attached hydrogens (tertiary/aromatic N) is 2. The van der Waals surface area contributed by atoms with Crippen molar-refractivity contribution < 1.29 is 33.9 Å². The maximum Gasteiger partial charge on any atom is 0.397 e. The van der Waals surface area contributed by atoms with Crippen molar-refractivity contribution in [3.8, 4) is 6.01 Å². The van der Waals surface area contributed by atoms with Crippen molar-refractivity contribution in [2.45, 2.75) is 6.29 Å². The van der Waals surface area contributed by atoms with E-state index in [9.17, 15) is 9.67 Å². The molecule has 2 aromatic heterocycles. The summed E-state index contributed by atoms with van der Waals surface area (Å²) in [5.74, 6) is 0.150. The fourth-order valence-electron chi connectivity index (χ4n) is 1.32. The number of aromatic amines is 2. The van der Waals surface area contributed by atoms with Crippen LogP contribution in [0, 0.1) is 0 Å². The quantitative estimate of drug-likeness (QED) is 0.304. The number of nitrogens with one attached hydrogen (secondary N) is 2. The highest BCUT2D eigenvalue weighted by Crippen LogP contribution is 2.34. The van der Waals surface area contributed by atoms with Gasteiger partial charge in [0.05, 0.1) is 0 Å². The number of aliphatic hydroxyl groups excluding tert-OH is 1. The third-order valence-corrected chi connectivity index (χ3v) is 2.62. The number of fused-ring (bicyclic) bond motifs is 1. The summed E-state index contributed by atoms with van der Waals surface area (Å²) in [6, 6.07) is -0.107. The lowest BCUT2D eigenvalue weighted by Crippen LogP contribution is -2.22. The van der Waals surface area contributed by atoms with Crippen LogP contribution in [0.15, 0.2) is 6.33 Å². The van der Waals surface area contributed by atoms with Crippen LogP contribution in [0.2, 0.25) is 0 Å². The normalized spacial score (nSPS) is 13.6. The smallest absolute Gasteiger partial charge is 0.397 e. The maximum atomic E-state index is 10.5. The summed E-state index contributed by atoms with van der Waals surface area (Å²) in [6.07, 6.45) is -0.929. The Hall–Kier alpha value is -1.78. The van der Waals surface area contributed by atoms with Crippen molar-refractivity contribution in [2.24, 2.45) is 0 Å². The highest BCUT2D eigenvalue weighted by Gasteiger charge is 2.19. The van der Waals surface area contributed by atoms with E-state index in [0.29, 0.717) is 11.2 Å². The summed E-state index contributed by atoms with van der Waals surface area (Å²) < 4.78 is 20.1. The Morgan fingerprint density at radius 3 is 2.95 bits per heavy atom. The number of hydrogen-bond acceptors (Lipinski definition) is 7. The molecule has 20 heavy (non-hydrogen) atoms. The molecule has 0 aliphatic heterocycles. The van der Waals surface area contributed by atoms with Crippen LogP contribution in [0.4, 0.5) is 5.82 Å². The summed E-state index contributed by atoms with van der Waals surface area (Å²) in [4.78, 5) is 30.5. The number of rotatable bonds is 6. The van der Waals surface area contributed by atoms with Crippen LogP contribution >= 0.6 is 7.60 Å². The van der Waals surface area contributed by atoms with Gasteiger partial charge in [-0.05, 0) is 4.98 Å². The van der Waals surface area contributed by atoms with Gasteiger partial charge in [-0.15, -0.1) is 0 Å². The molecule has 0 saturated heterocycles. The van der Waals surface area contributed by atoms with Crippen molar-refractivity contribution in [1.82, 2.24) is 15.0 Å². The van der Waals surface area contributed by atoms with E-state index in [1.807, 2.05) is 0 Å². The number of nitrogen functional groups attached to an aromatic ring is 1. The molecule has 0 bridgehead atoms. The van der Waals surface area contributed by atoms with E-state index in [0.717, 1.165) is 0 Å². The Labute approximate surface area is 111 Å². The predicted octanol–water partition coefficient (Wildman–Crippen LogP) is -1.80. The number of aromatic nitrogens is 4. The van der Waals surface area contributed by atoms with E-state index >= 15 is 0 Å². The van der Waals surface area contributed by atoms with Gasteiger partial charge < -0.3 is 30.1 Å². The van der Waals surface area contributed by atoms with Gasteiger partial charge in [0.25, 0.3) is 0 Å². The number of hydrogen-bond donors (Lipinski definition) is 5. The Morgan fingerprint density at radius 2 is 2.25 bits per heavy atom.